The van der Waals surface area contributed by atoms with Crippen molar-refractivity contribution < 1.29 is 72.9 Å². The van der Waals surface area contributed by atoms with Gasteiger partial charge in [0.1, 0.15) is 60.4 Å². The maximum absolute atomic E-state index is 14.4. The number of carbonyl (C=O) groups is 12. The van der Waals surface area contributed by atoms with E-state index in [2.05, 4.69) is 47.9 Å². The molecule has 28 heteroatoms. The molecule has 1 rings (SSSR count). The van der Waals surface area contributed by atoms with Gasteiger partial charge in [-0.15, -0.1) is 0 Å². The first-order valence-electron chi connectivity index (χ1n) is 28.9. The number of nitrogens with one attached hydrogen (secondary N) is 9. The van der Waals surface area contributed by atoms with Gasteiger partial charge in [0.15, 0.2) is 0 Å². The number of carboxylic acids is 2. The van der Waals surface area contributed by atoms with Gasteiger partial charge in [-0.2, -0.15) is 0 Å². The van der Waals surface area contributed by atoms with Crippen molar-refractivity contribution in [3.8, 4) is 0 Å². The van der Waals surface area contributed by atoms with Gasteiger partial charge in [0.05, 0.1) is 19.4 Å². The molecule has 0 bridgehead atoms. The van der Waals surface area contributed by atoms with Gasteiger partial charge < -0.3 is 86.1 Å². The van der Waals surface area contributed by atoms with Crippen LogP contribution in [0.5, 0.6) is 0 Å². The molecule has 1 aromatic rings. The number of carboxylic acid groups (broad SMARTS) is 2. The second-order valence-electron chi connectivity index (χ2n) is 21.8. The Hall–Kier alpha value is -7.30. The first kappa shape index (κ1) is 74.7. The Kier molecular flexibility index (Phi) is 34.9. The molecule has 0 aromatic heterocycles. The van der Waals surface area contributed by atoms with Crippen LogP contribution in [0.3, 0.4) is 0 Å². The van der Waals surface area contributed by atoms with Gasteiger partial charge in [-0.25, -0.2) is 4.79 Å². The predicted octanol–water partition coefficient (Wildman–Crippen LogP) is -2.21. The Morgan fingerprint density at radius 3 is 1.24 bits per heavy atom. The van der Waals surface area contributed by atoms with Crippen LogP contribution in [0.1, 0.15) is 138 Å². The molecule has 13 atom stereocenters. The summed E-state index contributed by atoms with van der Waals surface area (Å²) in [5.41, 5.74) is 23.3. The summed E-state index contributed by atoms with van der Waals surface area (Å²) in [6.07, 6.45) is 0.549. The molecule has 0 aliphatic carbocycles. The Balaban J connectivity index is 3.65. The number of aliphatic hydroxyl groups is 1. The standard InChI is InChI=1S/C56H95N13O15/c1-9-31(6)44(55(82)66-41(28-43(72)73)53(80)68-45(32(7)10-2)54(81)65-40(27-42(60)71)52(79)69-46(56(83)84)33(8)11-3)67-49(76)37(22-16-18-24-58)61-48(75)36(21-15-17-23-57)62-51(78)39(26-34-19-13-12-14-20-34)64-50(77)38(25-30(4)5)63-47(74)35(59)29-70/h12-14,19-20,30-33,35-41,44-46,70H,9-11,15-18,21-29,57-59H2,1-8H3,(H2,60,71)(H,61,75)(H,62,78)(H,63,74)(H,64,77)(H,65,81)(H,66,82)(H,67,76)(H,68,80)(H,69,79)(H,72,73)(H,83,84)/t31-,32-,33-,35-,36-,37-,38-,39-,40-,41-,44-,45-,46-/m0/s1. The summed E-state index contributed by atoms with van der Waals surface area (Å²) in [5.74, 6) is -14.3. The van der Waals surface area contributed by atoms with E-state index >= 15 is 0 Å². The molecule has 28 nitrogen and oxygen atoms in total. The minimum absolute atomic E-state index is 0.0162. The van der Waals surface area contributed by atoms with E-state index in [1.54, 1.807) is 71.9 Å². The summed E-state index contributed by atoms with van der Waals surface area (Å²) < 4.78 is 0. The smallest absolute Gasteiger partial charge is 0.326 e. The molecular weight excluding hydrogens is 1090 g/mol. The molecule has 0 radical (unpaired) electrons. The molecule has 10 amide bonds. The zero-order chi connectivity index (χ0) is 63.8. The number of nitrogens with two attached hydrogens (primary N) is 4. The predicted molar refractivity (Wildman–Crippen MR) is 310 cm³/mol. The summed E-state index contributed by atoms with van der Waals surface area (Å²) in [7, 11) is 0. The summed E-state index contributed by atoms with van der Waals surface area (Å²) in [5, 5.41) is 52.0. The third-order valence-corrected chi connectivity index (χ3v) is 14.4. The molecule has 0 spiro atoms. The van der Waals surface area contributed by atoms with Crippen molar-refractivity contribution >= 4 is 71.0 Å². The fraction of sp³-hybridized carbons (Fsp3) is 0.679. The number of hydrogen-bond acceptors (Lipinski definition) is 16. The Labute approximate surface area is 491 Å². The first-order valence-corrected chi connectivity index (χ1v) is 28.9. The van der Waals surface area contributed by atoms with E-state index in [-0.39, 0.29) is 57.5 Å². The van der Waals surface area contributed by atoms with Crippen LogP contribution in [0, 0.1) is 23.7 Å². The number of hydrogen-bond donors (Lipinski definition) is 16. The molecular formula is C56H95N13O15. The second kappa shape index (κ2) is 39.3. The normalized spacial score (nSPS) is 15.9. The lowest BCUT2D eigenvalue weighted by Gasteiger charge is -2.30. The van der Waals surface area contributed by atoms with E-state index in [1.165, 1.54) is 0 Å². The van der Waals surface area contributed by atoms with Crippen LogP contribution >= 0.6 is 0 Å². The molecule has 474 valence electrons. The van der Waals surface area contributed by atoms with Crippen LogP contribution in [0.15, 0.2) is 30.3 Å². The van der Waals surface area contributed by atoms with E-state index in [0.29, 0.717) is 37.7 Å². The average Bonchev–Trinajstić information content (AvgIpc) is 3.60. The summed E-state index contributed by atoms with van der Waals surface area (Å²) in [6.45, 7) is 13.2. The number of carbonyl (C=O) groups excluding carboxylic acids is 10. The molecule has 0 saturated heterocycles. The molecule has 84 heavy (non-hydrogen) atoms. The van der Waals surface area contributed by atoms with Crippen molar-refractivity contribution in [2.45, 2.75) is 199 Å². The number of unbranched alkanes of at least 4 members (excludes halogenated alkanes) is 2. The maximum atomic E-state index is 14.4. The highest BCUT2D eigenvalue weighted by Crippen LogP contribution is 2.16. The number of amides is 10. The van der Waals surface area contributed by atoms with Crippen LogP contribution in [-0.4, -0.2) is 166 Å². The third-order valence-electron chi connectivity index (χ3n) is 14.4. The summed E-state index contributed by atoms with van der Waals surface area (Å²) in [6, 6.07) is -5.84. The van der Waals surface area contributed by atoms with E-state index in [4.69, 9.17) is 22.9 Å². The molecule has 0 unspecified atom stereocenters. The molecule has 0 aliphatic rings. The number of aliphatic carboxylic acids is 2. The largest absolute Gasteiger partial charge is 0.481 e. The molecule has 0 saturated carbocycles. The van der Waals surface area contributed by atoms with E-state index in [9.17, 15) is 72.9 Å². The number of primary amides is 1. The van der Waals surface area contributed by atoms with Gasteiger partial charge in [0.25, 0.3) is 0 Å². The van der Waals surface area contributed by atoms with Gasteiger partial charge >= 0.3 is 11.9 Å². The fourth-order valence-corrected chi connectivity index (χ4v) is 8.63. The van der Waals surface area contributed by atoms with Crippen LogP contribution in [0.2, 0.25) is 0 Å². The van der Waals surface area contributed by atoms with Gasteiger partial charge in [-0.1, -0.05) is 105 Å². The highest BCUT2D eigenvalue weighted by atomic mass is 16.4. The van der Waals surface area contributed by atoms with Crippen molar-refractivity contribution in [1.29, 1.82) is 0 Å². The second-order valence-corrected chi connectivity index (χ2v) is 21.8. The van der Waals surface area contributed by atoms with Gasteiger partial charge in [0, 0.05) is 6.42 Å². The molecule has 0 aliphatic heterocycles. The van der Waals surface area contributed by atoms with Gasteiger partial charge in [0.2, 0.25) is 59.1 Å². The first-order chi connectivity index (χ1) is 39.6. The Bertz CT molecular complexity index is 2330. The zero-order valence-electron chi connectivity index (χ0n) is 49.8. The van der Waals surface area contributed by atoms with Gasteiger partial charge in [-0.3, -0.25) is 52.7 Å². The van der Waals surface area contributed by atoms with Crippen molar-refractivity contribution in [2.75, 3.05) is 19.7 Å². The monoisotopic (exact) mass is 1190 g/mol. The average molecular weight is 1190 g/mol. The van der Waals surface area contributed by atoms with E-state index in [0.717, 1.165) is 0 Å². The van der Waals surface area contributed by atoms with Crippen molar-refractivity contribution in [3.05, 3.63) is 35.9 Å². The van der Waals surface area contributed by atoms with Crippen LogP contribution in [0.25, 0.3) is 0 Å². The number of aliphatic hydroxyl groups excluding tert-OH is 1. The highest BCUT2D eigenvalue weighted by molar-refractivity contribution is 6.00. The van der Waals surface area contributed by atoms with E-state index < -0.39 is 169 Å². The van der Waals surface area contributed by atoms with Crippen molar-refractivity contribution in [2.24, 2.45) is 46.6 Å². The van der Waals surface area contributed by atoms with Crippen molar-refractivity contribution in [1.82, 2.24) is 47.9 Å². The Morgan fingerprint density at radius 1 is 0.464 bits per heavy atom. The molecule has 1 aromatic carbocycles. The topological polar surface area (TPSA) is 478 Å². The van der Waals surface area contributed by atoms with Crippen LogP contribution in [-0.2, 0) is 64.0 Å². The minimum Gasteiger partial charge on any atom is -0.481 e. The third kappa shape index (κ3) is 27.0. The maximum Gasteiger partial charge on any atom is 0.326 e. The molecule has 0 heterocycles. The SMILES string of the molecule is CC[C@H](C)[C@H](NC(=O)[C@H](CC(N)=O)NC(=O)[C@@H](NC(=O)[C@H](CC(=O)O)NC(=O)[C@@H](NC(=O)[C@H](CCCCN)NC(=O)[C@H](CCCCN)NC(=O)[C@H](Cc1ccccc1)NC(=O)[C@H](CC(C)C)NC(=O)[C@@H](N)CO)[C@@H](C)CC)[C@@H](C)CC)C(=O)O. The molecule has 20 N–H and O–H groups in total. The lowest BCUT2D eigenvalue weighted by Crippen LogP contribution is -2.62. The minimum atomic E-state index is -1.88. The summed E-state index contributed by atoms with van der Waals surface area (Å²) in [4.78, 5) is 162. The summed E-state index contributed by atoms with van der Waals surface area (Å²) >= 11 is 0. The molecule has 0 fully saturated rings. The quantitative estimate of drug-likeness (QED) is 0.0309. The van der Waals surface area contributed by atoms with Gasteiger partial charge in [-0.05, 0) is 87.3 Å². The fourth-order valence-electron chi connectivity index (χ4n) is 8.63. The number of rotatable bonds is 42. The van der Waals surface area contributed by atoms with E-state index in [1.807, 2.05) is 13.8 Å². The van der Waals surface area contributed by atoms with Crippen molar-refractivity contribution in [3.63, 3.8) is 0 Å². The lowest BCUT2D eigenvalue weighted by molar-refractivity contribution is -0.144. The zero-order valence-corrected chi connectivity index (χ0v) is 49.8. The Morgan fingerprint density at radius 2 is 0.833 bits per heavy atom. The lowest BCUT2D eigenvalue weighted by atomic mass is 9.95. The number of benzene rings is 1. The highest BCUT2D eigenvalue weighted by Gasteiger charge is 2.39. The van der Waals surface area contributed by atoms with Crippen LogP contribution < -0.4 is 70.8 Å². The van der Waals surface area contributed by atoms with Crippen LogP contribution in [0.4, 0.5) is 0 Å².